The SMILES string of the molecule is COc1ccc(NC(=O)CN2C(=O)CSc3ccc(C(=O)N4CCCCC4)cc32)cc1OC. The molecule has 174 valence electrons. The summed E-state index contributed by atoms with van der Waals surface area (Å²) in [5.41, 5.74) is 1.67. The first-order chi connectivity index (χ1) is 16.0. The van der Waals surface area contributed by atoms with Gasteiger partial charge in [0, 0.05) is 35.3 Å². The van der Waals surface area contributed by atoms with Gasteiger partial charge in [0.1, 0.15) is 6.54 Å². The van der Waals surface area contributed by atoms with E-state index in [0.29, 0.717) is 28.4 Å². The molecule has 0 aromatic heterocycles. The highest BCUT2D eigenvalue weighted by Gasteiger charge is 2.28. The van der Waals surface area contributed by atoms with Crippen LogP contribution in [-0.4, -0.2) is 62.2 Å². The Kier molecular flexibility index (Phi) is 7.08. The van der Waals surface area contributed by atoms with Crippen LogP contribution in [-0.2, 0) is 9.59 Å². The molecule has 2 aromatic rings. The molecule has 0 atom stereocenters. The van der Waals surface area contributed by atoms with Crippen molar-refractivity contribution in [1.29, 1.82) is 0 Å². The van der Waals surface area contributed by atoms with Crippen molar-refractivity contribution in [2.75, 3.05) is 49.8 Å². The van der Waals surface area contributed by atoms with E-state index in [2.05, 4.69) is 5.32 Å². The summed E-state index contributed by atoms with van der Waals surface area (Å²) in [6, 6.07) is 10.5. The zero-order chi connectivity index (χ0) is 23.4. The van der Waals surface area contributed by atoms with Gasteiger partial charge in [0.15, 0.2) is 11.5 Å². The minimum Gasteiger partial charge on any atom is -0.493 e. The number of likely N-dealkylation sites (tertiary alicyclic amines) is 1. The fourth-order valence-electron chi connectivity index (χ4n) is 4.05. The van der Waals surface area contributed by atoms with Gasteiger partial charge in [-0.15, -0.1) is 11.8 Å². The molecule has 33 heavy (non-hydrogen) atoms. The quantitative estimate of drug-likeness (QED) is 0.698. The Bertz CT molecular complexity index is 1070. The van der Waals surface area contributed by atoms with Gasteiger partial charge in [-0.1, -0.05) is 0 Å². The predicted molar refractivity (Wildman–Crippen MR) is 127 cm³/mol. The summed E-state index contributed by atoms with van der Waals surface area (Å²) >= 11 is 1.42. The maximum atomic E-state index is 13.0. The Balaban J connectivity index is 1.52. The van der Waals surface area contributed by atoms with Gasteiger partial charge in [0.25, 0.3) is 5.91 Å². The molecule has 2 aromatic carbocycles. The number of nitrogens with zero attached hydrogens (tertiary/aromatic N) is 2. The molecular formula is C24H27N3O5S. The number of ether oxygens (including phenoxy) is 2. The number of fused-ring (bicyclic) bond motifs is 1. The monoisotopic (exact) mass is 469 g/mol. The normalized spacial score (nSPS) is 15.6. The molecule has 0 radical (unpaired) electrons. The number of benzene rings is 2. The van der Waals surface area contributed by atoms with Crippen molar-refractivity contribution in [3.05, 3.63) is 42.0 Å². The van der Waals surface area contributed by atoms with E-state index in [9.17, 15) is 14.4 Å². The van der Waals surface area contributed by atoms with E-state index < -0.39 is 0 Å². The van der Waals surface area contributed by atoms with Crippen LogP contribution < -0.4 is 19.7 Å². The van der Waals surface area contributed by atoms with Gasteiger partial charge in [0.05, 0.1) is 25.7 Å². The van der Waals surface area contributed by atoms with Crippen LogP contribution in [0.5, 0.6) is 11.5 Å². The average molecular weight is 470 g/mol. The topological polar surface area (TPSA) is 88.2 Å². The number of nitrogens with one attached hydrogen (secondary N) is 1. The van der Waals surface area contributed by atoms with Gasteiger partial charge >= 0.3 is 0 Å². The van der Waals surface area contributed by atoms with E-state index in [4.69, 9.17) is 9.47 Å². The highest BCUT2D eigenvalue weighted by Crippen LogP contribution is 2.36. The number of carbonyl (C=O) groups is 3. The Morgan fingerprint density at radius 1 is 1.00 bits per heavy atom. The van der Waals surface area contributed by atoms with Crippen LogP contribution in [0, 0.1) is 0 Å². The highest BCUT2D eigenvalue weighted by molar-refractivity contribution is 8.00. The third kappa shape index (κ3) is 5.08. The van der Waals surface area contributed by atoms with Crippen LogP contribution >= 0.6 is 11.8 Å². The number of methoxy groups -OCH3 is 2. The van der Waals surface area contributed by atoms with Gasteiger partial charge in [-0.25, -0.2) is 0 Å². The van der Waals surface area contributed by atoms with E-state index >= 15 is 0 Å². The maximum absolute atomic E-state index is 13.0. The molecule has 4 rings (SSSR count). The summed E-state index contributed by atoms with van der Waals surface area (Å²) in [5.74, 6) is 0.746. The molecule has 1 N–H and O–H groups in total. The second kappa shape index (κ2) is 10.2. The Morgan fingerprint density at radius 2 is 1.76 bits per heavy atom. The highest BCUT2D eigenvalue weighted by atomic mass is 32.2. The predicted octanol–water partition coefficient (Wildman–Crippen LogP) is 3.41. The van der Waals surface area contributed by atoms with Crippen LogP contribution in [0.15, 0.2) is 41.3 Å². The first-order valence-electron chi connectivity index (χ1n) is 10.9. The molecule has 9 heteroatoms. The maximum Gasteiger partial charge on any atom is 0.253 e. The number of carbonyl (C=O) groups excluding carboxylic acids is 3. The molecule has 2 aliphatic heterocycles. The lowest BCUT2D eigenvalue weighted by molar-refractivity contribution is -0.120. The molecular weight excluding hydrogens is 442 g/mol. The molecule has 0 aliphatic carbocycles. The minimum absolute atomic E-state index is 0.0322. The van der Waals surface area contributed by atoms with Crippen molar-refractivity contribution in [2.45, 2.75) is 24.2 Å². The third-order valence-corrected chi connectivity index (χ3v) is 6.81. The molecule has 1 fully saturated rings. The lowest BCUT2D eigenvalue weighted by atomic mass is 10.1. The molecule has 3 amide bonds. The van der Waals surface area contributed by atoms with Crippen molar-refractivity contribution in [2.24, 2.45) is 0 Å². The van der Waals surface area contributed by atoms with Gasteiger partial charge in [-0.2, -0.15) is 0 Å². The van der Waals surface area contributed by atoms with Crippen molar-refractivity contribution >= 4 is 40.9 Å². The van der Waals surface area contributed by atoms with Gasteiger partial charge < -0.3 is 24.6 Å². The molecule has 2 aliphatic rings. The van der Waals surface area contributed by atoms with Crippen LogP contribution in [0.25, 0.3) is 0 Å². The fourth-order valence-corrected chi connectivity index (χ4v) is 4.96. The number of hydrogen-bond donors (Lipinski definition) is 1. The van der Waals surface area contributed by atoms with E-state index in [1.54, 1.807) is 30.3 Å². The molecule has 2 heterocycles. The minimum atomic E-state index is -0.346. The average Bonchev–Trinajstić information content (AvgIpc) is 2.85. The van der Waals surface area contributed by atoms with Crippen LogP contribution in [0.3, 0.4) is 0 Å². The summed E-state index contributed by atoms with van der Waals surface area (Å²) < 4.78 is 10.5. The van der Waals surface area contributed by atoms with Gasteiger partial charge in [0.2, 0.25) is 11.8 Å². The lowest BCUT2D eigenvalue weighted by Crippen LogP contribution is -2.41. The Hall–Kier alpha value is -3.20. The molecule has 1 saturated heterocycles. The summed E-state index contributed by atoms with van der Waals surface area (Å²) in [4.78, 5) is 42.7. The summed E-state index contributed by atoms with van der Waals surface area (Å²) in [6.45, 7) is 1.35. The van der Waals surface area contributed by atoms with Gasteiger partial charge in [-0.05, 0) is 49.6 Å². The van der Waals surface area contributed by atoms with Crippen molar-refractivity contribution in [1.82, 2.24) is 4.90 Å². The largest absolute Gasteiger partial charge is 0.493 e. The van der Waals surface area contributed by atoms with E-state index in [1.807, 2.05) is 11.0 Å². The number of anilines is 2. The van der Waals surface area contributed by atoms with Crippen LogP contribution in [0.2, 0.25) is 0 Å². The van der Waals surface area contributed by atoms with Gasteiger partial charge in [-0.3, -0.25) is 14.4 Å². The Morgan fingerprint density at radius 3 is 2.48 bits per heavy atom. The first-order valence-corrected chi connectivity index (χ1v) is 11.9. The second-order valence-electron chi connectivity index (χ2n) is 7.92. The zero-order valence-corrected chi connectivity index (χ0v) is 19.6. The lowest BCUT2D eigenvalue weighted by Gasteiger charge is -2.30. The van der Waals surface area contributed by atoms with Crippen molar-refractivity contribution < 1.29 is 23.9 Å². The number of hydrogen-bond acceptors (Lipinski definition) is 6. The number of piperidine rings is 1. The third-order valence-electron chi connectivity index (χ3n) is 5.76. The van der Waals surface area contributed by atoms with Crippen molar-refractivity contribution in [3.63, 3.8) is 0 Å². The summed E-state index contributed by atoms with van der Waals surface area (Å²) in [6.07, 6.45) is 3.16. The summed E-state index contributed by atoms with van der Waals surface area (Å²) in [5, 5.41) is 2.81. The standard InChI is InChI=1S/C24H27N3O5S/c1-31-19-8-7-17(13-20(19)32-2)25-22(28)14-27-18-12-16(6-9-21(18)33-15-23(27)29)24(30)26-10-4-3-5-11-26/h6-9,12-13H,3-5,10-11,14-15H2,1-2H3,(H,25,28). The fraction of sp³-hybridized carbons (Fsp3) is 0.375. The number of thioether (sulfide) groups is 1. The number of rotatable bonds is 6. The molecule has 0 unspecified atom stereocenters. The zero-order valence-electron chi connectivity index (χ0n) is 18.8. The smallest absolute Gasteiger partial charge is 0.253 e. The molecule has 0 bridgehead atoms. The first kappa shape index (κ1) is 23.0. The molecule has 8 nitrogen and oxygen atoms in total. The molecule has 0 spiro atoms. The van der Waals surface area contributed by atoms with E-state index in [0.717, 1.165) is 37.2 Å². The van der Waals surface area contributed by atoms with Crippen molar-refractivity contribution in [3.8, 4) is 11.5 Å². The van der Waals surface area contributed by atoms with E-state index in [-0.39, 0.29) is 30.0 Å². The number of amides is 3. The Labute approximate surface area is 197 Å². The molecule has 0 saturated carbocycles. The summed E-state index contributed by atoms with van der Waals surface area (Å²) in [7, 11) is 3.06. The van der Waals surface area contributed by atoms with Crippen LogP contribution in [0.4, 0.5) is 11.4 Å². The van der Waals surface area contributed by atoms with Crippen LogP contribution in [0.1, 0.15) is 29.6 Å². The van der Waals surface area contributed by atoms with E-state index in [1.165, 1.54) is 30.9 Å². The second-order valence-corrected chi connectivity index (χ2v) is 8.94.